The number of hydrogen-bond donors (Lipinski definition) is 2. The maximum atomic E-state index is 12.3. The van der Waals surface area contributed by atoms with E-state index in [1.165, 1.54) is 31.3 Å². The van der Waals surface area contributed by atoms with E-state index in [9.17, 15) is 18.0 Å². The van der Waals surface area contributed by atoms with Gasteiger partial charge in [0.1, 0.15) is 0 Å². The van der Waals surface area contributed by atoms with Crippen LogP contribution in [0, 0.1) is 0 Å². The fourth-order valence-corrected chi connectivity index (χ4v) is 3.55. The fourth-order valence-electron chi connectivity index (χ4n) is 2.77. The Labute approximate surface area is 174 Å². The fraction of sp³-hybridized carbons (Fsp3) is 0.0909. The summed E-state index contributed by atoms with van der Waals surface area (Å²) in [7, 11) is -2.42. The third kappa shape index (κ3) is 5.11. The van der Waals surface area contributed by atoms with Gasteiger partial charge in [-0.15, -0.1) is 0 Å². The first-order valence-electron chi connectivity index (χ1n) is 9.06. The van der Waals surface area contributed by atoms with Gasteiger partial charge in [-0.3, -0.25) is 4.79 Å². The van der Waals surface area contributed by atoms with E-state index >= 15 is 0 Å². The van der Waals surface area contributed by atoms with E-state index in [0.29, 0.717) is 5.69 Å². The Bertz CT molecular complexity index is 1160. The molecule has 1 amide bonds. The highest BCUT2D eigenvalue weighted by atomic mass is 32.2. The minimum atomic E-state index is -3.69. The van der Waals surface area contributed by atoms with Crippen LogP contribution in [-0.4, -0.2) is 33.9 Å². The van der Waals surface area contributed by atoms with E-state index in [2.05, 4.69) is 10.0 Å². The summed E-state index contributed by atoms with van der Waals surface area (Å²) in [6, 6.07) is 22.2. The van der Waals surface area contributed by atoms with Gasteiger partial charge >= 0.3 is 5.97 Å². The quantitative estimate of drug-likeness (QED) is 0.568. The van der Waals surface area contributed by atoms with Crippen molar-refractivity contribution in [2.24, 2.45) is 0 Å². The predicted octanol–water partition coefficient (Wildman–Crippen LogP) is 3.06. The standard InChI is InChI=1S/C22H20N2O5S/c1-23-30(27,28)18-11-7-10-17(14-18)22(26)29-15-21(25)24-20-13-6-5-12-19(20)16-8-3-2-4-9-16/h2-14,23H,15H2,1H3,(H,24,25). The molecule has 0 saturated heterocycles. The summed E-state index contributed by atoms with van der Waals surface area (Å²) in [5.41, 5.74) is 2.39. The molecule has 0 saturated carbocycles. The number of para-hydroxylation sites is 1. The molecule has 2 N–H and O–H groups in total. The van der Waals surface area contributed by atoms with Crippen molar-refractivity contribution in [2.45, 2.75) is 4.90 Å². The molecule has 3 aromatic rings. The van der Waals surface area contributed by atoms with Gasteiger partial charge in [-0.05, 0) is 36.9 Å². The molecule has 0 aromatic heterocycles. The van der Waals surface area contributed by atoms with Crippen LogP contribution < -0.4 is 10.0 Å². The number of sulfonamides is 1. The molecule has 8 heteroatoms. The summed E-state index contributed by atoms with van der Waals surface area (Å²) >= 11 is 0. The van der Waals surface area contributed by atoms with Gasteiger partial charge in [0.2, 0.25) is 10.0 Å². The number of esters is 1. The predicted molar refractivity (Wildman–Crippen MR) is 113 cm³/mol. The highest BCUT2D eigenvalue weighted by Gasteiger charge is 2.16. The normalized spacial score (nSPS) is 11.0. The summed E-state index contributed by atoms with van der Waals surface area (Å²) in [6.45, 7) is -0.509. The molecule has 0 radical (unpaired) electrons. The number of amides is 1. The molecule has 3 aromatic carbocycles. The molecule has 7 nitrogen and oxygen atoms in total. The molecule has 0 unspecified atom stereocenters. The number of anilines is 1. The number of ether oxygens (including phenoxy) is 1. The lowest BCUT2D eigenvalue weighted by molar-refractivity contribution is -0.119. The minimum absolute atomic E-state index is 0.0313. The third-order valence-electron chi connectivity index (χ3n) is 4.27. The van der Waals surface area contributed by atoms with Gasteiger partial charge in [0.05, 0.1) is 10.5 Å². The van der Waals surface area contributed by atoms with Crippen LogP contribution >= 0.6 is 0 Å². The number of carbonyl (C=O) groups is 2. The molecular formula is C22H20N2O5S. The molecule has 0 heterocycles. The van der Waals surface area contributed by atoms with Crippen molar-refractivity contribution in [3.05, 3.63) is 84.4 Å². The van der Waals surface area contributed by atoms with Crippen LogP contribution in [-0.2, 0) is 19.6 Å². The van der Waals surface area contributed by atoms with Gasteiger partial charge in [0, 0.05) is 11.3 Å². The van der Waals surface area contributed by atoms with Crippen molar-refractivity contribution in [1.29, 1.82) is 0 Å². The first-order chi connectivity index (χ1) is 14.4. The largest absolute Gasteiger partial charge is 0.452 e. The number of carbonyl (C=O) groups excluding carboxylic acids is 2. The lowest BCUT2D eigenvalue weighted by Gasteiger charge is -2.12. The zero-order chi connectivity index (χ0) is 21.6. The molecule has 0 spiro atoms. The van der Waals surface area contributed by atoms with E-state index in [1.54, 1.807) is 12.1 Å². The topological polar surface area (TPSA) is 102 Å². The molecule has 0 bridgehead atoms. The molecular weight excluding hydrogens is 404 g/mol. The first-order valence-corrected chi connectivity index (χ1v) is 10.5. The number of rotatable bonds is 7. The van der Waals surface area contributed by atoms with Crippen molar-refractivity contribution in [3.8, 4) is 11.1 Å². The number of benzene rings is 3. The Morgan fingerprint density at radius 2 is 1.60 bits per heavy atom. The van der Waals surface area contributed by atoms with Crippen LogP contribution in [0.2, 0.25) is 0 Å². The Morgan fingerprint density at radius 1 is 0.900 bits per heavy atom. The maximum Gasteiger partial charge on any atom is 0.338 e. The van der Waals surface area contributed by atoms with Gasteiger partial charge in [-0.25, -0.2) is 17.9 Å². The van der Waals surface area contributed by atoms with E-state index < -0.39 is 28.5 Å². The minimum Gasteiger partial charge on any atom is -0.452 e. The van der Waals surface area contributed by atoms with E-state index in [0.717, 1.165) is 11.1 Å². The van der Waals surface area contributed by atoms with Crippen molar-refractivity contribution in [2.75, 3.05) is 19.0 Å². The highest BCUT2D eigenvalue weighted by molar-refractivity contribution is 7.89. The average Bonchev–Trinajstić information content (AvgIpc) is 2.78. The number of hydrogen-bond acceptors (Lipinski definition) is 5. The second-order valence-corrected chi connectivity index (χ2v) is 8.16. The van der Waals surface area contributed by atoms with Crippen molar-refractivity contribution in [3.63, 3.8) is 0 Å². The molecule has 0 atom stereocenters. The van der Waals surface area contributed by atoms with Gasteiger partial charge < -0.3 is 10.1 Å². The molecule has 3 rings (SSSR count). The first kappa shape index (κ1) is 21.2. The van der Waals surface area contributed by atoms with Crippen LogP contribution in [0.3, 0.4) is 0 Å². The zero-order valence-electron chi connectivity index (χ0n) is 16.2. The summed E-state index contributed by atoms with van der Waals surface area (Å²) in [5.74, 6) is -1.31. The third-order valence-corrected chi connectivity index (χ3v) is 5.68. The Balaban J connectivity index is 1.66. The second-order valence-electron chi connectivity index (χ2n) is 6.27. The van der Waals surface area contributed by atoms with E-state index in [-0.39, 0.29) is 10.5 Å². The lowest BCUT2D eigenvalue weighted by atomic mass is 10.0. The molecule has 0 aliphatic carbocycles. The van der Waals surface area contributed by atoms with Gasteiger partial charge in [-0.1, -0.05) is 54.6 Å². The van der Waals surface area contributed by atoms with Gasteiger partial charge in [0.15, 0.2) is 6.61 Å². The Hall–Kier alpha value is -3.49. The molecule has 154 valence electrons. The molecule has 0 aliphatic heterocycles. The van der Waals surface area contributed by atoms with E-state index in [4.69, 9.17) is 4.74 Å². The van der Waals surface area contributed by atoms with Crippen LogP contribution in [0.4, 0.5) is 5.69 Å². The summed E-state index contributed by atoms with van der Waals surface area (Å²) in [4.78, 5) is 24.5. The van der Waals surface area contributed by atoms with Crippen molar-refractivity contribution < 1.29 is 22.7 Å². The highest BCUT2D eigenvalue weighted by Crippen LogP contribution is 2.27. The zero-order valence-corrected chi connectivity index (χ0v) is 17.0. The van der Waals surface area contributed by atoms with Crippen LogP contribution in [0.5, 0.6) is 0 Å². The molecule has 0 aliphatic rings. The SMILES string of the molecule is CNS(=O)(=O)c1cccc(C(=O)OCC(=O)Nc2ccccc2-c2ccccc2)c1. The summed E-state index contributed by atoms with van der Waals surface area (Å²) < 4.78 is 31.0. The molecule has 30 heavy (non-hydrogen) atoms. The average molecular weight is 424 g/mol. The Kier molecular flexibility index (Phi) is 6.61. The maximum absolute atomic E-state index is 12.3. The van der Waals surface area contributed by atoms with Crippen molar-refractivity contribution >= 4 is 27.6 Å². The second kappa shape index (κ2) is 9.34. The Morgan fingerprint density at radius 3 is 2.33 bits per heavy atom. The smallest absolute Gasteiger partial charge is 0.338 e. The van der Waals surface area contributed by atoms with Crippen LogP contribution in [0.1, 0.15) is 10.4 Å². The summed E-state index contributed by atoms with van der Waals surface area (Å²) in [6.07, 6.45) is 0. The molecule has 0 fully saturated rings. The van der Waals surface area contributed by atoms with Crippen LogP contribution in [0.25, 0.3) is 11.1 Å². The van der Waals surface area contributed by atoms with Gasteiger partial charge in [-0.2, -0.15) is 0 Å². The monoisotopic (exact) mass is 424 g/mol. The van der Waals surface area contributed by atoms with Gasteiger partial charge in [0.25, 0.3) is 5.91 Å². The summed E-state index contributed by atoms with van der Waals surface area (Å²) in [5, 5.41) is 2.74. The van der Waals surface area contributed by atoms with E-state index in [1.807, 2.05) is 42.5 Å². The lowest BCUT2D eigenvalue weighted by Crippen LogP contribution is -2.22. The van der Waals surface area contributed by atoms with Crippen LogP contribution in [0.15, 0.2) is 83.8 Å². The van der Waals surface area contributed by atoms with Crippen molar-refractivity contribution in [1.82, 2.24) is 4.72 Å². The number of nitrogens with one attached hydrogen (secondary N) is 2.